The van der Waals surface area contributed by atoms with E-state index in [0.717, 1.165) is 5.56 Å². The van der Waals surface area contributed by atoms with Crippen molar-refractivity contribution in [1.82, 2.24) is 15.4 Å². The zero-order valence-electron chi connectivity index (χ0n) is 12.9. The minimum absolute atomic E-state index is 0.0333. The van der Waals surface area contributed by atoms with Gasteiger partial charge in [-0.1, -0.05) is 0 Å². The number of H-pyrrole nitrogens is 1. The fourth-order valence-corrected chi connectivity index (χ4v) is 2.19. The third kappa shape index (κ3) is 3.61. The van der Waals surface area contributed by atoms with Gasteiger partial charge in [0.1, 0.15) is 18.1 Å². The first-order chi connectivity index (χ1) is 12.0. The number of carbonyl (C=O) groups excluding carboxylic acids is 1. The van der Waals surface area contributed by atoms with Gasteiger partial charge < -0.3 is 10.5 Å². The lowest BCUT2D eigenvalue weighted by Crippen LogP contribution is -2.12. The molecular weight excluding hydrogens is 326 g/mol. The number of nitro benzene ring substituents is 1. The van der Waals surface area contributed by atoms with Crippen LogP contribution in [0.15, 0.2) is 48.5 Å². The molecule has 9 heteroatoms. The van der Waals surface area contributed by atoms with Crippen LogP contribution in [0.3, 0.4) is 0 Å². The number of nitro groups is 1. The fraction of sp³-hybridized carbons (Fsp3) is 0.0625. The van der Waals surface area contributed by atoms with Gasteiger partial charge in [-0.2, -0.15) is 15.4 Å². The molecule has 0 aliphatic carbocycles. The Balaban J connectivity index is 1.67. The Morgan fingerprint density at radius 2 is 1.80 bits per heavy atom. The smallest absolute Gasteiger partial charge is 0.271 e. The number of nitrogens with one attached hydrogen (secondary N) is 1. The molecule has 0 fully saturated rings. The summed E-state index contributed by atoms with van der Waals surface area (Å²) in [6.07, 6.45) is 0. The number of ether oxygens (including phenoxy) is 1. The van der Waals surface area contributed by atoms with Crippen LogP contribution in [0.2, 0.25) is 0 Å². The second-order valence-electron chi connectivity index (χ2n) is 5.12. The van der Waals surface area contributed by atoms with Gasteiger partial charge in [0.25, 0.3) is 11.6 Å². The van der Waals surface area contributed by atoms with Crippen LogP contribution < -0.4 is 10.5 Å². The number of carbonyl (C=O) groups is 1. The minimum atomic E-state index is -0.665. The number of nitrogens with two attached hydrogens (primary N) is 1. The van der Waals surface area contributed by atoms with Crippen LogP contribution in [0.5, 0.6) is 5.75 Å². The first-order valence-corrected chi connectivity index (χ1v) is 7.22. The van der Waals surface area contributed by atoms with Gasteiger partial charge in [0, 0.05) is 17.7 Å². The average molecular weight is 339 g/mol. The summed E-state index contributed by atoms with van der Waals surface area (Å²) in [4.78, 5) is 21.5. The van der Waals surface area contributed by atoms with Crippen LogP contribution in [0.1, 0.15) is 16.1 Å². The van der Waals surface area contributed by atoms with E-state index in [2.05, 4.69) is 15.4 Å². The van der Waals surface area contributed by atoms with E-state index in [1.165, 1.54) is 12.1 Å². The van der Waals surface area contributed by atoms with Crippen molar-refractivity contribution in [3.63, 3.8) is 0 Å². The molecule has 0 radical (unpaired) electrons. The highest BCUT2D eigenvalue weighted by molar-refractivity contribution is 5.96. The zero-order valence-corrected chi connectivity index (χ0v) is 12.9. The van der Waals surface area contributed by atoms with Crippen molar-refractivity contribution in [3.05, 3.63) is 69.9 Å². The van der Waals surface area contributed by atoms with Crippen molar-refractivity contribution in [2.75, 3.05) is 0 Å². The van der Waals surface area contributed by atoms with Crippen molar-refractivity contribution in [2.24, 2.45) is 5.73 Å². The summed E-state index contributed by atoms with van der Waals surface area (Å²) < 4.78 is 5.64. The largest absolute Gasteiger partial charge is 0.489 e. The zero-order chi connectivity index (χ0) is 17.8. The molecule has 0 unspecified atom stereocenters. The van der Waals surface area contributed by atoms with Crippen LogP contribution in [-0.2, 0) is 6.61 Å². The third-order valence-electron chi connectivity index (χ3n) is 3.46. The first-order valence-electron chi connectivity index (χ1n) is 7.22. The Hall–Kier alpha value is -3.75. The molecule has 1 heterocycles. The molecule has 9 nitrogen and oxygen atoms in total. The van der Waals surface area contributed by atoms with Crippen LogP contribution in [0.4, 0.5) is 5.69 Å². The number of benzene rings is 2. The molecular formula is C16H13N5O4. The second kappa shape index (κ2) is 6.79. The highest BCUT2D eigenvalue weighted by Gasteiger charge is 2.15. The van der Waals surface area contributed by atoms with Gasteiger partial charge in [0.2, 0.25) is 0 Å². The highest BCUT2D eigenvalue weighted by atomic mass is 16.6. The topological polar surface area (TPSA) is 137 Å². The summed E-state index contributed by atoms with van der Waals surface area (Å²) >= 11 is 0. The van der Waals surface area contributed by atoms with E-state index >= 15 is 0 Å². The summed E-state index contributed by atoms with van der Waals surface area (Å²) in [6.45, 7) is 0.272. The number of primary amides is 1. The SMILES string of the molecule is NC(=O)c1n[nH]nc1-c1ccc(OCc2ccc([N+](=O)[O-])cc2)cc1. The average Bonchev–Trinajstić information content (AvgIpc) is 3.11. The van der Waals surface area contributed by atoms with Crippen LogP contribution in [0, 0.1) is 10.1 Å². The Morgan fingerprint density at radius 3 is 2.40 bits per heavy atom. The molecule has 0 aliphatic heterocycles. The van der Waals surface area contributed by atoms with Gasteiger partial charge in [0.05, 0.1) is 4.92 Å². The van der Waals surface area contributed by atoms with E-state index in [4.69, 9.17) is 10.5 Å². The summed E-state index contributed by atoms with van der Waals surface area (Å²) in [7, 11) is 0. The number of non-ortho nitro benzene ring substituents is 1. The number of rotatable bonds is 6. The summed E-state index contributed by atoms with van der Waals surface area (Å²) in [6, 6.07) is 13.0. The predicted molar refractivity (Wildman–Crippen MR) is 87.8 cm³/mol. The fourth-order valence-electron chi connectivity index (χ4n) is 2.19. The van der Waals surface area contributed by atoms with Gasteiger partial charge in [-0.05, 0) is 42.0 Å². The number of hydrogen-bond acceptors (Lipinski definition) is 6. The van der Waals surface area contributed by atoms with E-state index in [-0.39, 0.29) is 18.0 Å². The van der Waals surface area contributed by atoms with Crippen molar-refractivity contribution in [1.29, 1.82) is 0 Å². The minimum Gasteiger partial charge on any atom is -0.489 e. The molecule has 0 bridgehead atoms. The van der Waals surface area contributed by atoms with E-state index in [1.54, 1.807) is 36.4 Å². The molecule has 3 N–H and O–H groups in total. The van der Waals surface area contributed by atoms with Gasteiger partial charge in [-0.15, -0.1) is 0 Å². The van der Waals surface area contributed by atoms with Crippen molar-refractivity contribution >= 4 is 11.6 Å². The van der Waals surface area contributed by atoms with Gasteiger partial charge >= 0.3 is 0 Å². The number of hydrogen-bond donors (Lipinski definition) is 2. The monoisotopic (exact) mass is 339 g/mol. The Kier molecular flexibility index (Phi) is 4.38. The summed E-state index contributed by atoms with van der Waals surface area (Å²) in [5, 5.41) is 20.6. The molecule has 2 aromatic carbocycles. The van der Waals surface area contributed by atoms with Crippen molar-refractivity contribution < 1.29 is 14.5 Å². The van der Waals surface area contributed by atoms with Crippen molar-refractivity contribution in [2.45, 2.75) is 6.61 Å². The molecule has 3 aromatic rings. The lowest BCUT2D eigenvalue weighted by atomic mass is 10.1. The maximum atomic E-state index is 11.3. The maximum absolute atomic E-state index is 11.3. The predicted octanol–water partition coefficient (Wildman–Crippen LogP) is 2.06. The lowest BCUT2D eigenvalue weighted by molar-refractivity contribution is -0.384. The van der Waals surface area contributed by atoms with Crippen LogP contribution in [-0.4, -0.2) is 26.2 Å². The molecule has 0 spiro atoms. The van der Waals surface area contributed by atoms with E-state index in [9.17, 15) is 14.9 Å². The second-order valence-corrected chi connectivity index (χ2v) is 5.12. The Morgan fingerprint density at radius 1 is 1.12 bits per heavy atom. The molecule has 0 saturated heterocycles. The Bertz CT molecular complexity index is 903. The van der Waals surface area contributed by atoms with Gasteiger partial charge in [-0.25, -0.2) is 0 Å². The lowest BCUT2D eigenvalue weighted by Gasteiger charge is -2.07. The molecule has 1 aromatic heterocycles. The standard InChI is InChI=1S/C16H13N5O4/c17-16(22)15-14(18-20-19-15)11-3-7-13(8-4-11)25-9-10-1-5-12(6-2-10)21(23)24/h1-8H,9H2,(H2,17,22)(H,18,19,20). The molecule has 0 aliphatic rings. The Labute approximate surface area is 141 Å². The number of nitrogens with zero attached hydrogens (tertiary/aromatic N) is 3. The summed E-state index contributed by atoms with van der Waals surface area (Å²) in [5.74, 6) is -0.0616. The third-order valence-corrected chi connectivity index (χ3v) is 3.46. The van der Waals surface area contributed by atoms with E-state index in [1.807, 2.05) is 0 Å². The van der Waals surface area contributed by atoms with Gasteiger partial charge in [-0.3, -0.25) is 14.9 Å². The van der Waals surface area contributed by atoms with E-state index in [0.29, 0.717) is 17.0 Å². The van der Waals surface area contributed by atoms with Crippen molar-refractivity contribution in [3.8, 4) is 17.0 Å². The molecule has 25 heavy (non-hydrogen) atoms. The normalized spacial score (nSPS) is 10.4. The maximum Gasteiger partial charge on any atom is 0.271 e. The number of aromatic amines is 1. The molecule has 0 saturated carbocycles. The molecule has 126 valence electrons. The highest BCUT2D eigenvalue weighted by Crippen LogP contribution is 2.23. The van der Waals surface area contributed by atoms with Crippen LogP contribution >= 0.6 is 0 Å². The molecule has 1 amide bonds. The number of amides is 1. The van der Waals surface area contributed by atoms with Crippen LogP contribution in [0.25, 0.3) is 11.3 Å². The summed E-state index contributed by atoms with van der Waals surface area (Å²) in [5.41, 5.74) is 7.19. The number of aromatic nitrogens is 3. The quantitative estimate of drug-likeness (QED) is 0.521. The van der Waals surface area contributed by atoms with Gasteiger partial charge in [0.15, 0.2) is 5.69 Å². The first kappa shape index (κ1) is 16.1. The molecule has 0 atom stereocenters. The molecule has 3 rings (SSSR count). The van der Waals surface area contributed by atoms with E-state index < -0.39 is 10.8 Å².